The normalized spacial score (nSPS) is 23.4. The predicted octanol–water partition coefficient (Wildman–Crippen LogP) is 2.92. The third kappa shape index (κ3) is 2.72. The fraction of sp³-hybridized carbons (Fsp3) is 0.667. The Labute approximate surface area is 124 Å². The Hall–Kier alpha value is -1.69. The molecular formula is C15H21N3O3. The zero-order valence-electron chi connectivity index (χ0n) is 12.5. The van der Waals surface area contributed by atoms with Crippen LogP contribution in [-0.4, -0.2) is 34.2 Å². The van der Waals surface area contributed by atoms with Crippen LogP contribution in [-0.2, 0) is 4.74 Å². The summed E-state index contributed by atoms with van der Waals surface area (Å²) in [5, 5.41) is 11.2. The van der Waals surface area contributed by atoms with E-state index >= 15 is 0 Å². The van der Waals surface area contributed by atoms with Crippen LogP contribution in [0, 0.1) is 10.1 Å². The molecule has 1 aliphatic carbocycles. The van der Waals surface area contributed by atoms with Gasteiger partial charge in [0, 0.05) is 25.4 Å². The summed E-state index contributed by atoms with van der Waals surface area (Å²) in [5.41, 5.74) is -0.426. The molecule has 1 saturated carbocycles. The highest BCUT2D eigenvalue weighted by molar-refractivity contribution is 5.58. The number of hydrogen-bond acceptors (Lipinski definition) is 5. The van der Waals surface area contributed by atoms with Gasteiger partial charge in [-0.15, -0.1) is 0 Å². The van der Waals surface area contributed by atoms with E-state index in [1.165, 1.54) is 6.07 Å². The van der Waals surface area contributed by atoms with Crippen molar-refractivity contribution >= 4 is 11.5 Å². The first kappa shape index (κ1) is 14.3. The summed E-state index contributed by atoms with van der Waals surface area (Å²) >= 11 is 0. The van der Waals surface area contributed by atoms with Gasteiger partial charge in [-0.05, 0) is 32.8 Å². The van der Waals surface area contributed by atoms with Gasteiger partial charge in [-0.2, -0.15) is 0 Å². The van der Waals surface area contributed by atoms with Crippen LogP contribution in [0.4, 0.5) is 11.5 Å². The number of ether oxygens (including phenoxy) is 1. The largest absolute Gasteiger partial charge is 0.365 e. The molecule has 2 heterocycles. The van der Waals surface area contributed by atoms with Crippen LogP contribution in [0.1, 0.15) is 39.5 Å². The van der Waals surface area contributed by atoms with E-state index in [0.717, 1.165) is 25.7 Å². The fourth-order valence-electron chi connectivity index (χ4n) is 3.72. The molecule has 114 valence electrons. The number of hydrogen-bond donors (Lipinski definition) is 0. The standard InChI is InChI=1S/C15H21N3O3/c1-14(2)10-17(11-15(21-14)7-3-4-8-15)13-12(18(19)20)6-5-9-16-13/h5-6,9H,3-4,7-8,10-11H2,1-2H3. The molecule has 2 fully saturated rings. The fourth-order valence-corrected chi connectivity index (χ4v) is 3.72. The molecule has 0 bridgehead atoms. The first-order valence-electron chi connectivity index (χ1n) is 7.45. The molecule has 0 radical (unpaired) electrons. The van der Waals surface area contributed by atoms with Crippen molar-refractivity contribution in [2.45, 2.75) is 50.7 Å². The van der Waals surface area contributed by atoms with E-state index in [4.69, 9.17) is 4.74 Å². The highest BCUT2D eigenvalue weighted by Crippen LogP contribution is 2.42. The quantitative estimate of drug-likeness (QED) is 0.619. The predicted molar refractivity (Wildman–Crippen MR) is 79.5 cm³/mol. The highest BCUT2D eigenvalue weighted by Gasteiger charge is 2.47. The summed E-state index contributed by atoms with van der Waals surface area (Å²) in [7, 11) is 0. The minimum Gasteiger partial charge on any atom is -0.365 e. The molecule has 1 aromatic rings. The monoisotopic (exact) mass is 291 g/mol. The molecule has 1 saturated heterocycles. The lowest BCUT2D eigenvalue weighted by Crippen LogP contribution is -2.59. The first-order valence-corrected chi connectivity index (χ1v) is 7.45. The van der Waals surface area contributed by atoms with Gasteiger partial charge in [-0.25, -0.2) is 4.98 Å². The maximum atomic E-state index is 11.2. The molecule has 21 heavy (non-hydrogen) atoms. The zero-order chi connectivity index (χ0) is 15.1. The molecule has 0 aromatic carbocycles. The topological polar surface area (TPSA) is 68.5 Å². The second-order valence-corrected chi connectivity index (χ2v) is 6.71. The van der Waals surface area contributed by atoms with Crippen molar-refractivity contribution in [1.82, 2.24) is 4.98 Å². The number of anilines is 1. The van der Waals surface area contributed by atoms with Crippen LogP contribution >= 0.6 is 0 Å². The number of pyridine rings is 1. The second-order valence-electron chi connectivity index (χ2n) is 6.71. The van der Waals surface area contributed by atoms with Crippen molar-refractivity contribution < 1.29 is 9.66 Å². The third-order valence-electron chi connectivity index (χ3n) is 4.32. The first-order chi connectivity index (χ1) is 9.91. The number of aromatic nitrogens is 1. The molecule has 6 nitrogen and oxygen atoms in total. The van der Waals surface area contributed by atoms with Gasteiger partial charge in [-0.3, -0.25) is 10.1 Å². The lowest BCUT2D eigenvalue weighted by atomic mass is 9.94. The molecule has 0 N–H and O–H groups in total. The zero-order valence-corrected chi connectivity index (χ0v) is 12.5. The lowest BCUT2D eigenvalue weighted by Gasteiger charge is -2.49. The molecule has 0 atom stereocenters. The van der Waals surface area contributed by atoms with Crippen molar-refractivity contribution in [2.24, 2.45) is 0 Å². The molecule has 3 rings (SSSR count). The van der Waals surface area contributed by atoms with E-state index in [1.54, 1.807) is 12.3 Å². The van der Waals surface area contributed by atoms with Crippen LogP contribution in [0.5, 0.6) is 0 Å². The van der Waals surface area contributed by atoms with Gasteiger partial charge in [0.05, 0.1) is 16.1 Å². The molecule has 0 unspecified atom stereocenters. The Kier molecular flexibility index (Phi) is 3.36. The van der Waals surface area contributed by atoms with Gasteiger partial charge in [0.1, 0.15) is 0 Å². The van der Waals surface area contributed by atoms with Crippen LogP contribution in [0.15, 0.2) is 18.3 Å². The van der Waals surface area contributed by atoms with Gasteiger partial charge in [0.25, 0.3) is 0 Å². The lowest BCUT2D eigenvalue weighted by molar-refractivity contribution is -0.384. The SMILES string of the molecule is CC1(C)CN(c2ncccc2[N+](=O)[O-])CC2(CCCC2)O1. The minimum absolute atomic E-state index is 0.0725. The van der Waals surface area contributed by atoms with Gasteiger partial charge >= 0.3 is 5.69 Å². The summed E-state index contributed by atoms with van der Waals surface area (Å²) in [5.74, 6) is 0.463. The number of rotatable bonds is 2. The Balaban J connectivity index is 1.96. The van der Waals surface area contributed by atoms with Crippen LogP contribution in [0.25, 0.3) is 0 Å². The minimum atomic E-state index is -0.355. The number of nitro groups is 1. The molecule has 1 spiro atoms. The molecule has 6 heteroatoms. The molecule has 0 amide bonds. The molecule has 2 aliphatic rings. The summed E-state index contributed by atoms with van der Waals surface area (Å²) in [6.45, 7) is 5.41. The van der Waals surface area contributed by atoms with Gasteiger partial charge in [0.15, 0.2) is 0 Å². The Morgan fingerprint density at radius 3 is 2.71 bits per heavy atom. The molecule has 1 aromatic heterocycles. The smallest absolute Gasteiger partial charge is 0.311 e. The van der Waals surface area contributed by atoms with E-state index in [-0.39, 0.29) is 21.8 Å². The van der Waals surface area contributed by atoms with Gasteiger partial charge in [-0.1, -0.05) is 12.8 Å². The number of nitrogens with zero attached hydrogens (tertiary/aromatic N) is 3. The molecule has 1 aliphatic heterocycles. The van der Waals surface area contributed by atoms with Crippen LogP contribution in [0.3, 0.4) is 0 Å². The average molecular weight is 291 g/mol. The Morgan fingerprint density at radius 1 is 1.33 bits per heavy atom. The summed E-state index contributed by atoms with van der Waals surface area (Å²) < 4.78 is 6.34. The molecular weight excluding hydrogens is 270 g/mol. The number of morpholine rings is 1. The summed E-state index contributed by atoms with van der Waals surface area (Å²) in [4.78, 5) is 17.2. The second kappa shape index (κ2) is 4.94. The van der Waals surface area contributed by atoms with E-state index in [2.05, 4.69) is 4.98 Å². The van der Waals surface area contributed by atoms with E-state index in [9.17, 15) is 10.1 Å². The maximum Gasteiger partial charge on any atom is 0.311 e. The Morgan fingerprint density at radius 2 is 2.05 bits per heavy atom. The van der Waals surface area contributed by atoms with Gasteiger partial charge < -0.3 is 9.64 Å². The average Bonchev–Trinajstić information content (AvgIpc) is 2.84. The van der Waals surface area contributed by atoms with Crippen molar-refractivity contribution in [1.29, 1.82) is 0 Å². The summed E-state index contributed by atoms with van der Waals surface area (Å²) in [6, 6.07) is 3.13. The maximum absolute atomic E-state index is 11.2. The van der Waals surface area contributed by atoms with Crippen molar-refractivity contribution in [2.75, 3.05) is 18.0 Å². The van der Waals surface area contributed by atoms with Crippen LogP contribution < -0.4 is 4.90 Å². The van der Waals surface area contributed by atoms with E-state index in [0.29, 0.717) is 18.9 Å². The van der Waals surface area contributed by atoms with Gasteiger partial charge in [0.2, 0.25) is 5.82 Å². The van der Waals surface area contributed by atoms with Crippen molar-refractivity contribution in [3.05, 3.63) is 28.4 Å². The third-order valence-corrected chi connectivity index (χ3v) is 4.32. The summed E-state index contributed by atoms with van der Waals surface area (Å²) in [6.07, 6.45) is 5.98. The van der Waals surface area contributed by atoms with Crippen LogP contribution in [0.2, 0.25) is 0 Å². The highest BCUT2D eigenvalue weighted by atomic mass is 16.6. The van der Waals surface area contributed by atoms with Crippen molar-refractivity contribution in [3.63, 3.8) is 0 Å². The Bertz CT molecular complexity index is 553. The van der Waals surface area contributed by atoms with E-state index < -0.39 is 0 Å². The van der Waals surface area contributed by atoms with E-state index in [1.807, 2.05) is 18.7 Å². The van der Waals surface area contributed by atoms with Crippen molar-refractivity contribution in [3.8, 4) is 0 Å².